The lowest BCUT2D eigenvalue weighted by Gasteiger charge is -2.26. The number of rotatable bonds is 8. The zero-order chi connectivity index (χ0) is 27.6. The number of ether oxygens (including phenoxy) is 3. The third-order valence-electron chi connectivity index (χ3n) is 8.04. The first kappa shape index (κ1) is 26.1. The minimum Gasteiger partial charge on any atom is -0.492 e. The number of fused-ring (bicyclic) bond motifs is 2. The molecule has 1 N–H and O–H groups in total. The summed E-state index contributed by atoms with van der Waals surface area (Å²) in [5.41, 5.74) is 3.58. The van der Waals surface area contributed by atoms with E-state index >= 15 is 4.39 Å². The second-order valence-electron chi connectivity index (χ2n) is 10.8. The van der Waals surface area contributed by atoms with Crippen LogP contribution in [0.2, 0.25) is 0 Å². The molecule has 0 amide bonds. The van der Waals surface area contributed by atoms with E-state index in [9.17, 15) is 10.1 Å². The van der Waals surface area contributed by atoms with Crippen LogP contribution in [-0.2, 0) is 17.8 Å². The Morgan fingerprint density at radius 3 is 2.73 bits per heavy atom. The lowest BCUT2D eigenvalue weighted by molar-refractivity contribution is -0.137. The van der Waals surface area contributed by atoms with E-state index in [1.54, 1.807) is 18.2 Å². The zero-order valence-corrected chi connectivity index (χ0v) is 22.2. The van der Waals surface area contributed by atoms with Gasteiger partial charge in [-0.2, -0.15) is 5.26 Å². The van der Waals surface area contributed by atoms with Crippen molar-refractivity contribution in [2.45, 2.75) is 57.1 Å². The molecule has 0 radical (unpaired) electrons. The molecule has 40 heavy (non-hydrogen) atoms. The van der Waals surface area contributed by atoms with Crippen molar-refractivity contribution in [3.8, 4) is 29.1 Å². The van der Waals surface area contributed by atoms with Crippen molar-refractivity contribution < 1.29 is 28.5 Å². The number of aliphatic carboxylic acids is 1. The van der Waals surface area contributed by atoms with Crippen LogP contribution in [0.5, 0.6) is 23.0 Å². The van der Waals surface area contributed by atoms with Crippen LogP contribution in [-0.4, -0.2) is 35.7 Å². The summed E-state index contributed by atoms with van der Waals surface area (Å²) in [5.74, 6) is 0.699. The fraction of sp³-hybridized carbons (Fsp3) is 0.375. The highest BCUT2D eigenvalue weighted by atomic mass is 19.1. The molecule has 0 unspecified atom stereocenters. The molecule has 7 nitrogen and oxygen atoms in total. The highest BCUT2D eigenvalue weighted by molar-refractivity contribution is 5.69. The fourth-order valence-corrected chi connectivity index (χ4v) is 6.08. The van der Waals surface area contributed by atoms with Gasteiger partial charge in [0.1, 0.15) is 41.0 Å². The Kier molecular flexibility index (Phi) is 7.31. The van der Waals surface area contributed by atoms with Gasteiger partial charge in [0.05, 0.1) is 18.6 Å². The summed E-state index contributed by atoms with van der Waals surface area (Å²) in [6.07, 6.45) is 4.34. The van der Waals surface area contributed by atoms with Crippen molar-refractivity contribution >= 4 is 5.97 Å². The third-order valence-corrected chi connectivity index (χ3v) is 8.04. The molecule has 0 bridgehead atoms. The molecule has 1 saturated heterocycles. The van der Waals surface area contributed by atoms with E-state index in [0.717, 1.165) is 36.3 Å². The van der Waals surface area contributed by atoms with Crippen LogP contribution in [0.1, 0.15) is 71.9 Å². The van der Waals surface area contributed by atoms with E-state index in [0.29, 0.717) is 53.6 Å². The number of carboxylic acids is 1. The maximum absolute atomic E-state index is 15.1. The number of nitriles is 1. The monoisotopic (exact) mass is 542 g/mol. The van der Waals surface area contributed by atoms with Crippen LogP contribution >= 0.6 is 0 Å². The Bertz CT molecular complexity index is 1480. The predicted molar refractivity (Wildman–Crippen MR) is 145 cm³/mol. The standard InChI is InChI=1S/C32H31FN2O5/c33-26-8-11-28(40-27-9-4-20(14-21(27)17-34)18-35-12-2-1-3-13-35)25-7-10-29(32(25)26)39-23-5-6-24-22(15-31(36)37)19-38-30(24)16-23/h4-6,8-9,11,14,16,22,29H,1-3,7,10,12-13,15,18-19H2,(H,36,37)/t22-,29-/m1/s1. The van der Waals surface area contributed by atoms with Crippen molar-refractivity contribution in [3.05, 3.63) is 82.2 Å². The van der Waals surface area contributed by atoms with Crippen molar-refractivity contribution in [1.82, 2.24) is 4.90 Å². The lowest BCUT2D eigenvalue weighted by atomic mass is 9.98. The van der Waals surface area contributed by atoms with Crippen molar-refractivity contribution in [1.29, 1.82) is 5.26 Å². The normalized spacial score (nSPS) is 19.8. The molecule has 2 atom stereocenters. The summed E-state index contributed by atoms with van der Waals surface area (Å²) >= 11 is 0. The summed E-state index contributed by atoms with van der Waals surface area (Å²) in [6.45, 7) is 3.29. The van der Waals surface area contributed by atoms with Crippen molar-refractivity contribution in [2.24, 2.45) is 0 Å². The first-order valence-electron chi connectivity index (χ1n) is 13.9. The number of halogens is 1. The molecule has 0 aromatic heterocycles. The van der Waals surface area contributed by atoms with Crippen LogP contribution in [0.25, 0.3) is 0 Å². The van der Waals surface area contributed by atoms with E-state index in [4.69, 9.17) is 19.3 Å². The summed E-state index contributed by atoms with van der Waals surface area (Å²) in [6, 6.07) is 16.3. The first-order valence-corrected chi connectivity index (χ1v) is 13.9. The van der Waals surface area contributed by atoms with Gasteiger partial charge in [0.2, 0.25) is 0 Å². The molecule has 8 heteroatoms. The second kappa shape index (κ2) is 11.2. The molecule has 0 saturated carbocycles. The number of carboxylic acid groups (broad SMARTS) is 1. The highest BCUT2D eigenvalue weighted by Gasteiger charge is 2.32. The lowest BCUT2D eigenvalue weighted by Crippen LogP contribution is -2.29. The quantitative estimate of drug-likeness (QED) is 0.348. The molecule has 3 aliphatic rings. The molecule has 3 aromatic rings. The maximum atomic E-state index is 15.1. The Morgan fingerprint density at radius 1 is 1.10 bits per heavy atom. The number of hydrogen-bond acceptors (Lipinski definition) is 6. The molecule has 2 heterocycles. The average Bonchev–Trinajstić information content (AvgIpc) is 3.56. The highest BCUT2D eigenvalue weighted by Crippen LogP contribution is 2.44. The van der Waals surface area contributed by atoms with Gasteiger partial charge in [0, 0.05) is 35.2 Å². The minimum absolute atomic E-state index is 0.00583. The van der Waals surface area contributed by atoms with Crippen LogP contribution in [0.15, 0.2) is 48.5 Å². The van der Waals surface area contributed by atoms with E-state index in [1.807, 2.05) is 24.3 Å². The van der Waals surface area contributed by atoms with Gasteiger partial charge in [-0.05, 0) is 74.7 Å². The Morgan fingerprint density at radius 2 is 1.93 bits per heavy atom. The van der Waals surface area contributed by atoms with Crippen LogP contribution in [0.3, 0.4) is 0 Å². The Hall–Kier alpha value is -4.09. The number of nitrogens with zero attached hydrogens (tertiary/aromatic N) is 2. The van der Waals surface area contributed by atoms with Crippen molar-refractivity contribution in [2.75, 3.05) is 19.7 Å². The van der Waals surface area contributed by atoms with Gasteiger partial charge in [-0.3, -0.25) is 9.69 Å². The minimum atomic E-state index is -0.867. The van der Waals surface area contributed by atoms with Gasteiger partial charge in [0.15, 0.2) is 0 Å². The summed E-state index contributed by atoms with van der Waals surface area (Å²) in [5, 5.41) is 19.0. The predicted octanol–water partition coefficient (Wildman–Crippen LogP) is 6.49. The van der Waals surface area contributed by atoms with Gasteiger partial charge in [-0.25, -0.2) is 4.39 Å². The maximum Gasteiger partial charge on any atom is 0.304 e. The topological polar surface area (TPSA) is 92.0 Å². The summed E-state index contributed by atoms with van der Waals surface area (Å²) in [4.78, 5) is 13.5. The van der Waals surface area contributed by atoms with Crippen LogP contribution in [0, 0.1) is 17.1 Å². The number of carbonyl (C=O) groups is 1. The number of piperidine rings is 1. The van der Waals surface area contributed by atoms with Gasteiger partial charge in [0.25, 0.3) is 0 Å². The van der Waals surface area contributed by atoms with Gasteiger partial charge in [-0.1, -0.05) is 18.6 Å². The largest absolute Gasteiger partial charge is 0.492 e. The molecular formula is C32H31FN2O5. The van der Waals surface area contributed by atoms with E-state index in [2.05, 4.69) is 11.0 Å². The first-order chi connectivity index (χ1) is 19.5. The Labute approximate surface area is 232 Å². The van der Waals surface area contributed by atoms with Gasteiger partial charge < -0.3 is 19.3 Å². The molecule has 1 aliphatic carbocycles. The van der Waals surface area contributed by atoms with Crippen LogP contribution < -0.4 is 14.2 Å². The Balaban J connectivity index is 1.19. The van der Waals surface area contributed by atoms with E-state index < -0.39 is 12.1 Å². The summed E-state index contributed by atoms with van der Waals surface area (Å²) in [7, 11) is 0. The molecule has 206 valence electrons. The van der Waals surface area contributed by atoms with Gasteiger partial charge in [-0.15, -0.1) is 0 Å². The zero-order valence-electron chi connectivity index (χ0n) is 22.2. The average molecular weight is 543 g/mol. The van der Waals surface area contributed by atoms with Gasteiger partial charge >= 0.3 is 5.97 Å². The SMILES string of the molecule is N#Cc1cc(CN2CCCCC2)ccc1Oc1ccc(F)c2c1CC[C@H]2Oc1ccc2c(c1)OC[C@H]2CC(=O)O. The molecular weight excluding hydrogens is 511 g/mol. The number of hydrogen-bond donors (Lipinski definition) is 1. The van der Waals surface area contributed by atoms with E-state index in [-0.39, 0.29) is 18.2 Å². The molecule has 6 rings (SSSR count). The third kappa shape index (κ3) is 5.34. The van der Waals surface area contributed by atoms with Crippen molar-refractivity contribution in [3.63, 3.8) is 0 Å². The molecule has 0 spiro atoms. The number of benzene rings is 3. The fourth-order valence-electron chi connectivity index (χ4n) is 6.08. The summed E-state index contributed by atoms with van der Waals surface area (Å²) < 4.78 is 33.2. The molecule has 3 aromatic carbocycles. The van der Waals surface area contributed by atoms with Crippen LogP contribution in [0.4, 0.5) is 4.39 Å². The smallest absolute Gasteiger partial charge is 0.304 e. The second-order valence-corrected chi connectivity index (χ2v) is 10.8. The molecule has 1 fully saturated rings. The number of likely N-dealkylation sites (tertiary alicyclic amines) is 1. The molecule has 2 aliphatic heterocycles. The van der Waals surface area contributed by atoms with E-state index in [1.165, 1.54) is 25.3 Å².